The van der Waals surface area contributed by atoms with Gasteiger partial charge in [0.1, 0.15) is 11.4 Å². The van der Waals surface area contributed by atoms with Gasteiger partial charge in [0, 0.05) is 24.0 Å². The van der Waals surface area contributed by atoms with Gasteiger partial charge in [0.25, 0.3) is 5.56 Å². The molecule has 0 saturated heterocycles. The Morgan fingerprint density at radius 2 is 1.61 bits per heavy atom. The second-order valence-electron chi connectivity index (χ2n) is 8.71. The Labute approximate surface area is 209 Å². The summed E-state index contributed by atoms with van der Waals surface area (Å²) in [5.74, 6) is -0.391. The molecule has 0 bridgehead atoms. The number of carbonyl (C=O) groups excluding carboxylic acids is 2. The van der Waals surface area contributed by atoms with E-state index in [4.69, 9.17) is 9.47 Å². The van der Waals surface area contributed by atoms with Crippen LogP contribution in [-0.2, 0) is 11.8 Å². The van der Waals surface area contributed by atoms with Gasteiger partial charge in [0.05, 0.1) is 24.1 Å². The van der Waals surface area contributed by atoms with E-state index in [1.165, 1.54) is 7.11 Å². The van der Waals surface area contributed by atoms with E-state index in [0.29, 0.717) is 28.3 Å². The number of esters is 1. The third-order valence-electron chi connectivity index (χ3n) is 6.46. The van der Waals surface area contributed by atoms with Crippen LogP contribution in [0.3, 0.4) is 0 Å². The van der Waals surface area contributed by atoms with E-state index in [9.17, 15) is 14.4 Å². The monoisotopic (exact) mass is 487 g/mol. The van der Waals surface area contributed by atoms with Crippen LogP contribution in [0.4, 0.5) is 0 Å². The van der Waals surface area contributed by atoms with Crippen LogP contribution in [0.5, 0.6) is 5.75 Å². The largest absolute Gasteiger partial charge is 0.496 e. The molecule has 0 fully saturated rings. The van der Waals surface area contributed by atoms with Gasteiger partial charge in [0.2, 0.25) is 5.78 Å². The molecule has 186 valence electrons. The Bertz CT molecular complexity index is 1520. The number of hydrogen-bond acceptors (Lipinski definition) is 5. The zero-order valence-electron chi connectivity index (χ0n) is 21.3. The molecule has 0 radical (unpaired) electrons. The lowest BCUT2D eigenvalue weighted by Crippen LogP contribution is -2.22. The molecule has 0 atom stereocenters. The number of aryl methyl sites for hydroxylation is 2. The molecule has 0 spiro atoms. The van der Waals surface area contributed by atoms with Crippen LogP contribution in [0.2, 0.25) is 0 Å². The summed E-state index contributed by atoms with van der Waals surface area (Å²) in [5, 5.41) is 0. The molecule has 0 N–H and O–H groups in total. The van der Waals surface area contributed by atoms with Crippen molar-refractivity contribution in [3.63, 3.8) is 0 Å². The fourth-order valence-corrected chi connectivity index (χ4v) is 4.44. The molecule has 0 aliphatic heterocycles. The summed E-state index contributed by atoms with van der Waals surface area (Å²) in [6.45, 7) is 6.95. The predicted octanol–water partition coefficient (Wildman–Crippen LogP) is 4.25. The fourth-order valence-electron chi connectivity index (χ4n) is 4.44. The van der Waals surface area contributed by atoms with Gasteiger partial charge in [-0.2, -0.15) is 0 Å². The Hall–Kier alpha value is -4.33. The van der Waals surface area contributed by atoms with E-state index in [0.717, 1.165) is 22.6 Å². The van der Waals surface area contributed by atoms with Gasteiger partial charge in [-0.05, 0) is 63.6 Å². The highest BCUT2D eigenvalue weighted by molar-refractivity contribution is 6.00. The molecule has 8 nitrogen and oxygen atoms in total. The molecule has 2 heterocycles. The summed E-state index contributed by atoms with van der Waals surface area (Å²) in [5.41, 5.74) is 4.71. The number of para-hydroxylation sites is 1. The van der Waals surface area contributed by atoms with E-state index in [-0.39, 0.29) is 11.3 Å². The lowest BCUT2D eigenvalue weighted by molar-refractivity contribution is 0.0474. The summed E-state index contributed by atoms with van der Waals surface area (Å²) in [4.78, 5) is 39.1. The van der Waals surface area contributed by atoms with Crippen molar-refractivity contribution in [3.8, 4) is 17.1 Å². The molecule has 36 heavy (non-hydrogen) atoms. The maximum absolute atomic E-state index is 13.5. The zero-order valence-corrected chi connectivity index (χ0v) is 21.3. The molecular formula is C28H29N3O5. The van der Waals surface area contributed by atoms with Crippen LogP contribution >= 0.6 is 0 Å². The van der Waals surface area contributed by atoms with Crippen molar-refractivity contribution < 1.29 is 19.1 Å². The normalized spacial score (nSPS) is 10.9. The van der Waals surface area contributed by atoms with Crippen molar-refractivity contribution in [2.45, 2.75) is 27.7 Å². The number of rotatable bonds is 7. The molecule has 0 aliphatic rings. The van der Waals surface area contributed by atoms with Gasteiger partial charge in [-0.1, -0.05) is 24.3 Å². The van der Waals surface area contributed by atoms with Crippen molar-refractivity contribution >= 4 is 11.8 Å². The predicted molar refractivity (Wildman–Crippen MR) is 137 cm³/mol. The molecule has 2 aromatic heterocycles. The summed E-state index contributed by atoms with van der Waals surface area (Å²) < 4.78 is 15.7. The van der Waals surface area contributed by atoms with Gasteiger partial charge in [-0.15, -0.1) is 0 Å². The first-order chi connectivity index (χ1) is 17.1. The van der Waals surface area contributed by atoms with Crippen molar-refractivity contribution in [1.82, 2.24) is 13.9 Å². The van der Waals surface area contributed by atoms with Gasteiger partial charge in [-0.25, -0.2) is 9.48 Å². The third-order valence-corrected chi connectivity index (χ3v) is 6.46. The third kappa shape index (κ3) is 4.26. The number of Topliss-reactive ketones (excluding diaryl/α,β-unsaturated/α-hetero) is 1. The number of hydrogen-bond donors (Lipinski definition) is 0. The summed E-state index contributed by atoms with van der Waals surface area (Å²) in [6.07, 6.45) is 0. The number of ketones is 1. The van der Waals surface area contributed by atoms with Crippen LogP contribution in [0.15, 0.2) is 59.4 Å². The van der Waals surface area contributed by atoms with E-state index in [1.807, 2.05) is 58.2 Å². The average molecular weight is 488 g/mol. The molecule has 0 amide bonds. The lowest BCUT2D eigenvalue weighted by atomic mass is 10.1. The molecule has 0 saturated carbocycles. The molecule has 4 rings (SSSR count). The standard InChI is InChI=1S/C28H29N3O5/c1-17-12-13-21(15-25(17)35-6)28(34)36-16-24(32)23-14-18(2)30(19(23)3)26-20(4)29(5)31(27(26)33)22-10-8-7-9-11-22/h7-15H,16H2,1-6H3. The van der Waals surface area contributed by atoms with Crippen LogP contribution in [0, 0.1) is 27.7 Å². The summed E-state index contributed by atoms with van der Waals surface area (Å²) >= 11 is 0. The molecule has 0 unspecified atom stereocenters. The Kier molecular flexibility index (Phi) is 6.70. The average Bonchev–Trinajstić information content (AvgIpc) is 3.28. The van der Waals surface area contributed by atoms with Crippen LogP contribution in [0.1, 0.15) is 43.4 Å². The van der Waals surface area contributed by atoms with Crippen LogP contribution < -0.4 is 10.3 Å². The van der Waals surface area contributed by atoms with E-state index in [1.54, 1.807) is 45.1 Å². The summed E-state index contributed by atoms with van der Waals surface area (Å²) in [7, 11) is 3.35. The topological polar surface area (TPSA) is 84.5 Å². The number of nitrogens with zero attached hydrogens (tertiary/aromatic N) is 3. The number of methoxy groups -OCH3 is 1. The first-order valence-electron chi connectivity index (χ1n) is 11.5. The Morgan fingerprint density at radius 3 is 2.28 bits per heavy atom. The highest BCUT2D eigenvalue weighted by atomic mass is 16.5. The van der Waals surface area contributed by atoms with Crippen molar-refractivity contribution in [1.29, 1.82) is 0 Å². The minimum Gasteiger partial charge on any atom is -0.496 e. The maximum atomic E-state index is 13.5. The van der Waals surface area contributed by atoms with E-state index >= 15 is 0 Å². The minimum atomic E-state index is -0.611. The molecular weight excluding hydrogens is 458 g/mol. The lowest BCUT2D eigenvalue weighted by Gasteiger charge is -2.09. The molecule has 8 heteroatoms. The quantitative estimate of drug-likeness (QED) is 0.287. The van der Waals surface area contributed by atoms with Crippen LogP contribution in [0.25, 0.3) is 11.4 Å². The molecule has 4 aromatic rings. The number of carbonyl (C=O) groups is 2. The smallest absolute Gasteiger partial charge is 0.338 e. The van der Waals surface area contributed by atoms with Gasteiger partial charge in [0.15, 0.2) is 6.61 Å². The van der Waals surface area contributed by atoms with Crippen molar-refractivity contribution in [2.24, 2.45) is 7.05 Å². The maximum Gasteiger partial charge on any atom is 0.338 e. The van der Waals surface area contributed by atoms with E-state index < -0.39 is 12.6 Å². The van der Waals surface area contributed by atoms with Crippen LogP contribution in [-0.4, -0.2) is 39.4 Å². The first-order valence-corrected chi connectivity index (χ1v) is 11.5. The van der Waals surface area contributed by atoms with Gasteiger partial charge in [-0.3, -0.25) is 14.3 Å². The SMILES string of the molecule is COc1cc(C(=O)OCC(=O)c2cc(C)n(-c3c(C)n(C)n(-c4ccccc4)c3=O)c2C)ccc1C. The zero-order chi connectivity index (χ0) is 26.1. The van der Waals surface area contributed by atoms with Crippen molar-refractivity contribution in [3.05, 3.63) is 98.7 Å². The van der Waals surface area contributed by atoms with Gasteiger partial charge < -0.3 is 14.0 Å². The first kappa shape index (κ1) is 24.8. The molecule has 2 aromatic carbocycles. The minimum absolute atomic E-state index is 0.193. The van der Waals surface area contributed by atoms with Crippen molar-refractivity contribution in [2.75, 3.05) is 13.7 Å². The number of ether oxygens (including phenoxy) is 2. The van der Waals surface area contributed by atoms with Gasteiger partial charge >= 0.3 is 5.97 Å². The Morgan fingerprint density at radius 1 is 0.917 bits per heavy atom. The number of benzene rings is 2. The highest BCUT2D eigenvalue weighted by Gasteiger charge is 2.24. The van der Waals surface area contributed by atoms with E-state index in [2.05, 4.69) is 0 Å². The highest BCUT2D eigenvalue weighted by Crippen LogP contribution is 2.24. The second-order valence-corrected chi connectivity index (χ2v) is 8.71. The molecule has 0 aliphatic carbocycles. The Balaban J connectivity index is 1.62. The second kappa shape index (κ2) is 9.73. The summed E-state index contributed by atoms with van der Waals surface area (Å²) in [6, 6.07) is 16.1. The number of aromatic nitrogens is 3. The fraction of sp³-hybridized carbons (Fsp3) is 0.250.